The molecule has 0 fully saturated rings. The summed E-state index contributed by atoms with van der Waals surface area (Å²) in [7, 11) is 0. The van der Waals surface area contributed by atoms with Gasteiger partial charge in [0.25, 0.3) is 0 Å². The summed E-state index contributed by atoms with van der Waals surface area (Å²) in [4.78, 5) is 2.33. The molecule has 2 heteroatoms. The zero-order chi connectivity index (χ0) is 35.6. The molecule has 1 heterocycles. The fraction of sp³-hybridized carbons (Fsp3) is 0. The van der Waals surface area contributed by atoms with Gasteiger partial charge in [-0.15, -0.1) is 0 Å². The van der Waals surface area contributed by atoms with Gasteiger partial charge in [0.15, 0.2) is 0 Å². The summed E-state index contributed by atoms with van der Waals surface area (Å²) < 4.78 is 6.39. The highest BCUT2D eigenvalue weighted by Crippen LogP contribution is 2.42. The number of benzene rings is 10. The molecule has 252 valence electrons. The van der Waals surface area contributed by atoms with Crippen LogP contribution in [-0.2, 0) is 0 Å². The van der Waals surface area contributed by atoms with Crippen molar-refractivity contribution in [3.63, 3.8) is 0 Å². The summed E-state index contributed by atoms with van der Waals surface area (Å²) in [5, 5.41) is 12.4. The topological polar surface area (TPSA) is 16.4 Å². The lowest BCUT2D eigenvalue weighted by Crippen LogP contribution is -2.09. The highest BCUT2D eigenvalue weighted by atomic mass is 16.3. The van der Waals surface area contributed by atoms with E-state index in [0.717, 1.165) is 39.0 Å². The lowest BCUT2D eigenvalue weighted by Gasteiger charge is -2.26. The van der Waals surface area contributed by atoms with Gasteiger partial charge in [0.2, 0.25) is 0 Å². The summed E-state index contributed by atoms with van der Waals surface area (Å²) in [6.07, 6.45) is 0. The average Bonchev–Trinajstić information content (AvgIpc) is 3.62. The molecule has 10 aromatic carbocycles. The molecule has 0 amide bonds. The predicted molar refractivity (Wildman–Crippen MR) is 229 cm³/mol. The number of rotatable bonds is 5. The normalized spacial score (nSPS) is 11.7. The number of hydrogen-bond donors (Lipinski definition) is 0. The van der Waals surface area contributed by atoms with Crippen LogP contribution in [0.2, 0.25) is 0 Å². The van der Waals surface area contributed by atoms with Crippen LogP contribution in [0.3, 0.4) is 0 Å². The average molecular weight is 688 g/mol. The summed E-state index contributed by atoms with van der Waals surface area (Å²) in [5.41, 5.74) is 9.79. The highest BCUT2D eigenvalue weighted by molar-refractivity contribution is 6.23. The fourth-order valence-electron chi connectivity index (χ4n) is 8.48. The molecule has 0 atom stereocenters. The molecule has 0 aliphatic heterocycles. The summed E-state index contributed by atoms with van der Waals surface area (Å²) in [6.45, 7) is 0. The highest BCUT2D eigenvalue weighted by Gasteiger charge is 2.17. The molecule has 0 spiro atoms. The molecule has 1 aromatic heterocycles. The van der Waals surface area contributed by atoms with Crippen LogP contribution in [0.1, 0.15) is 0 Å². The van der Waals surface area contributed by atoms with Crippen LogP contribution in [0.4, 0.5) is 17.1 Å². The molecule has 54 heavy (non-hydrogen) atoms. The Balaban J connectivity index is 1.05. The van der Waals surface area contributed by atoms with Crippen LogP contribution in [0.5, 0.6) is 0 Å². The molecule has 11 rings (SSSR count). The Morgan fingerprint density at radius 3 is 1.59 bits per heavy atom. The minimum absolute atomic E-state index is 0.873. The first-order valence-corrected chi connectivity index (χ1v) is 18.5. The third-order valence-electron chi connectivity index (χ3n) is 11.0. The SMILES string of the molecule is c1ccc2c(-c3ccc(N(c4ccc(-c5cc6ccc7ccccc7c6c6ccccc56)cc4)c4ccc5c(c4)oc4ccccc45)cc3)cccc2c1. The van der Waals surface area contributed by atoms with Crippen molar-refractivity contribution in [1.82, 2.24) is 0 Å². The Labute approximate surface area is 312 Å². The van der Waals surface area contributed by atoms with Gasteiger partial charge in [-0.05, 0) is 114 Å². The quantitative estimate of drug-likeness (QED) is 0.168. The van der Waals surface area contributed by atoms with E-state index in [9.17, 15) is 0 Å². The van der Waals surface area contributed by atoms with Crippen molar-refractivity contribution < 1.29 is 4.42 Å². The van der Waals surface area contributed by atoms with E-state index in [1.54, 1.807) is 0 Å². The molecule has 11 aromatic rings. The lowest BCUT2D eigenvalue weighted by atomic mass is 9.90. The largest absolute Gasteiger partial charge is 0.456 e. The minimum atomic E-state index is 0.873. The van der Waals surface area contributed by atoms with Crippen molar-refractivity contribution in [2.45, 2.75) is 0 Å². The first-order chi connectivity index (χ1) is 26.8. The molecule has 0 saturated carbocycles. The fourth-order valence-corrected chi connectivity index (χ4v) is 8.48. The van der Waals surface area contributed by atoms with Crippen LogP contribution in [0.25, 0.3) is 87.3 Å². The van der Waals surface area contributed by atoms with Gasteiger partial charge in [-0.2, -0.15) is 0 Å². The molecule has 0 saturated heterocycles. The summed E-state index contributed by atoms with van der Waals surface area (Å²) in [6, 6.07) is 72.3. The standard InChI is InChI=1S/C52H33NO/c1-3-13-42-34(10-1)12-9-18-43(42)36-22-26-39(27-23-36)53(41-30-31-47-46-16-7-8-19-50(46)54-51(47)33-41)40-28-24-37(25-29-40)49-32-38-21-20-35-11-2-4-14-44(35)52(38)48-17-6-5-15-45(48)49/h1-33H. The molecular weight excluding hydrogens is 655 g/mol. The third kappa shape index (κ3) is 4.88. The molecule has 0 aliphatic rings. The van der Waals surface area contributed by atoms with Crippen LogP contribution in [0, 0.1) is 0 Å². The third-order valence-corrected chi connectivity index (χ3v) is 11.0. The number of para-hydroxylation sites is 1. The second kappa shape index (κ2) is 12.2. The predicted octanol–water partition coefficient (Wildman–Crippen LogP) is 15.0. The van der Waals surface area contributed by atoms with Crippen molar-refractivity contribution in [2.75, 3.05) is 4.90 Å². The molecule has 2 nitrogen and oxygen atoms in total. The second-order valence-electron chi connectivity index (χ2n) is 14.1. The number of nitrogens with zero attached hydrogens (tertiary/aromatic N) is 1. The Hall–Kier alpha value is -7.16. The van der Waals surface area contributed by atoms with Crippen molar-refractivity contribution in [3.05, 3.63) is 200 Å². The van der Waals surface area contributed by atoms with Crippen molar-refractivity contribution in [1.29, 1.82) is 0 Å². The zero-order valence-corrected chi connectivity index (χ0v) is 29.4. The van der Waals surface area contributed by atoms with Gasteiger partial charge < -0.3 is 9.32 Å². The van der Waals surface area contributed by atoms with E-state index in [2.05, 4.69) is 193 Å². The molecule has 0 unspecified atom stereocenters. The zero-order valence-electron chi connectivity index (χ0n) is 29.4. The monoisotopic (exact) mass is 687 g/mol. The number of anilines is 3. The van der Waals surface area contributed by atoms with E-state index in [0.29, 0.717) is 0 Å². The maximum absolute atomic E-state index is 6.39. The van der Waals surface area contributed by atoms with Crippen molar-refractivity contribution in [3.8, 4) is 22.3 Å². The summed E-state index contributed by atoms with van der Waals surface area (Å²) >= 11 is 0. The second-order valence-corrected chi connectivity index (χ2v) is 14.1. The van der Waals surface area contributed by atoms with Gasteiger partial charge in [-0.25, -0.2) is 0 Å². The van der Waals surface area contributed by atoms with Crippen LogP contribution in [-0.4, -0.2) is 0 Å². The maximum Gasteiger partial charge on any atom is 0.137 e. The first-order valence-electron chi connectivity index (χ1n) is 18.5. The number of fused-ring (bicyclic) bond motifs is 9. The molecule has 0 bridgehead atoms. The Bertz CT molecular complexity index is 3200. The van der Waals surface area contributed by atoms with E-state index in [-0.39, 0.29) is 0 Å². The molecular formula is C52H33NO. The Kier molecular flexibility index (Phi) is 6.90. The minimum Gasteiger partial charge on any atom is -0.456 e. The maximum atomic E-state index is 6.39. The number of hydrogen-bond acceptors (Lipinski definition) is 2. The number of furan rings is 1. The van der Waals surface area contributed by atoms with E-state index >= 15 is 0 Å². The smallest absolute Gasteiger partial charge is 0.137 e. The van der Waals surface area contributed by atoms with Crippen LogP contribution in [0.15, 0.2) is 205 Å². The van der Waals surface area contributed by atoms with E-state index in [1.807, 2.05) is 12.1 Å². The van der Waals surface area contributed by atoms with E-state index in [1.165, 1.54) is 65.3 Å². The van der Waals surface area contributed by atoms with E-state index in [4.69, 9.17) is 4.42 Å². The van der Waals surface area contributed by atoms with Crippen molar-refractivity contribution in [2.24, 2.45) is 0 Å². The Morgan fingerprint density at radius 2 is 0.833 bits per heavy atom. The van der Waals surface area contributed by atoms with Gasteiger partial charge in [0, 0.05) is 33.9 Å². The van der Waals surface area contributed by atoms with Crippen LogP contribution < -0.4 is 4.90 Å². The van der Waals surface area contributed by atoms with Crippen molar-refractivity contribution >= 4 is 82.1 Å². The lowest BCUT2D eigenvalue weighted by molar-refractivity contribution is 0.669. The molecule has 0 radical (unpaired) electrons. The van der Waals surface area contributed by atoms with Gasteiger partial charge in [-0.3, -0.25) is 0 Å². The molecule has 0 N–H and O–H groups in total. The van der Waals surface area contributed by atoms with Gasteiger partial charge >= 0.3 is 0 Å². The van der Waals surface area contributed by atoms with Gasteiger partial charge in [0.1, 0.15) is 11.2 Å². The van der Waals surface area contributed by atoms with Gasteiger partial charge in [0.05, 0.1) is 0 Å². The first kappa shape index (κ1) is 30.5. The van der Waals surface area contributed by atoms with Gasteiger partial charge in [-0.1, -0.05) is 146 Å². The molecule has 0 aliphatic carbocycles. The summed E-state index contributed by atoms with van der Waals surface area (Å²) in [5.74, 6) is 0. The van der Waals surface area contributed by atoms with Crippen LogP contribution >= 0.6 is 0 Å². The Morgan fingerprint density at radius 1 is 0.296 bits per heavy atom. The van der Waals surface area contributed by atoms with E-state index < -0.39 is 0 Å².